The molecule has 4 rings (SSSR count). The number of amides is 1. The van der Waals surface area contributed by atoms with E-state index in [-0.39, 0.29) is 58.2 Å². The molecule has 1 saturated carbocycles. The second-order valence-electron chi connectivity index (χ2n) is 10.6. The van der Waals surface area contributed by atoms with Gasteiger partial charge in [-0.3, -0.25) is 18.9 Å². The third kappa shape index (κ3) is 8.96. The van der Waals surface area contributed by atoms with Crippen LogP contribution < -0.4 is 35.1 Å². The number of carbonyl (C=O) groups is 1. The molecule has 4 N–H and O–H groups in total. The Morgan fingerprint density at radius 3 is 2.38 bits per heavy atom. The van der Waals surface area contributed by atoms with Gasteiger partial charge in [-0.05, 0) is 70.6 Å². The van der Waals surface area contributed by atoms with E-state index in [9.17, 15) is 22.4 Å². The number of anilines is 3. The minimum absolute atomic E-state index is 0.0208. The van der Waals surface area contributed by atoms with Crippen molar-refractivity contribution in [3.63, 3.8) is 0 Å². The fourth-order valence-corrected chi connectivity index (χ4v) is 5.20. The van der Waals surface area contributed by atoms with Crippen molar-refractivity contribution in [3.8, 4) is 17.2 Å². The van der Waals surface area contributed by atoms with E-state index in [2.05, 4.69) is 20.1 Å². The van der Waals surface area contributed by atoms with E-state index in [0.29, 0.717) is 12.1 Å². The Morgan fingerprint density at radius 1 is 1.09 bits per heavy atom. The number of rotatable bonds is 13. The van der Waals surface area contributed by atoms with E-state index in [4.69, 9.17) is 9.47 Å². The van der Waals surface area contributed by atoms with Crippen LogP contribution in [0.15, 0.2) is 41.2 Å². The van der Waals surface area contributed by atoms with Gasteiger partial charge >= 0.3 is 0 Å². The zero-order valence-electron chi connectivity index (χ0n) is 27.0. The number of hydrogen-bond donors (Lipinski definition) is 4. The number of methoxy groups -OCH3 is 1. The molecule has 0 unspecified atom stereocenters. The fraction of sp³-hybridized carbons (Fsp3) is 0.419. The minimum atomic E-state index is -3.97. The summed E-state index contributed by atoms with van der Waals surface area (Å²) in [5.41, 5.74) is 0.428. The van der Waals surface area contributed by atoms with E-state index < -0.39 is 27.5 Å². The summed E-state index contributed by atoms with van der Waals surface area (Å²) in [4.78, 5) is 28.9. The van der Waals surface area contributed by atoms with Crippen LogP contribution in [0.5, 0.6) is 17.2 Å². The maximum Gasteiger partial charge on any atom is 0.299 e. The van der Waals surface area contributed by atoms with Crippen molar-refractivity contribution in [1.29, 1.82) is 0 Å². The van der Waals surface area contributed by atoms with Crippen LogP contribution in [0.25, 0.3) is 0 Å². The summed E-state index contributed by atoms with van der Waals surface area (Å²) in [5.74, 6) is -1.09. The molecule has 0 atom stereocenters. The predicted molar refractivity (Wildman–Crippen MR) is 175 cm³/mol. The zero-order chi connectivity index (χ0) is 33.5. The Hall–Kier alpha value is -4.14. The molecule has 14 heteroatoms. The molecule has 246 valence electrons. The van der Waals surface area contributed by atoms with Crippen molar-refractivity contribution in [3.05, 3.63) is 69.3 Å². The first-order chi connectivity index (χ1) is 21.3. The Morgan fingerprint density at radius 2 is 1.78 bits per heavy atom. The van der Waals surface area contributed by atoms with Crippen LogP contribution in [-0.4, -0.2) is 64.1 Å². The molecule has 12 nitrogen and oxygen atoms in total. The van der Waals surface area contributed by atoms with Gasteiger partial charge in [0.15, 0.2) is 17.2 Å². The monoisotopic (exact) mass is 646 g/mol. The van der Waals surface area contributed by atoms with Gasteiger partial charge in [0.2, 0.25) is 0 Å². The SMILES string of the molecule is CC.COc1c(NS(=O)(=O)NCCN(C)C)cccc1Oc1c(C(=O)NC2CC2)c(Nc2ccc(C)cc2F)n(C)c(=O)c1C. The van der Waals surface area contributed by atoms with Crippen LogP contribution in [0.1, 0.15) is 48.2 Å². The first-order valence-corrected chi connectivity index (χ1v) is 16.1. The lowest BCUT2D eigenvalue weighted by Crippen LogP contribution is -2.35. The number of carbonyl (C=O) groups excluding carboxylic acids is 1. The number of halogens is 1. The van der Waals surface area contributed by atoms with Gasteiger partial charge in [-0.15, -0.1) is 0 Å². The molecule has 0 bridgehead atoms. The minimum Gasteiger partial charge on any atom is -0.491 e. The van der Waals surface area contributed by atoms with Crippen LogP contribution in [0.3, 0.4) is 0 Å². The van der Waals surface area contributed by atoms with Crippen molar-refractivity contribution in [2.45, 2.75) is 46.6 Å². The number of aromatic nitrogens is 1. The smallest absolute Gasteiger partial charge is 0.299 e. The second kappa shape index (κ2) is 15.2. The number of para-hydroxylation sites is 1. The molecule has 1 fully saturated rings. The largest absolute Gasteiger partial charge is 0.491 e. The normalized spacial score (nSPS) is 12.7. The molecule has 1 aromatic heterocycles. The van der Waals surface area contributed by atoms with E-state index in [0.717, 1.165) is 12.8 Å². The van der Waals surface area contributed by atoms with Crippen molar-refractivity contribution < 1.29 is 27.1 Å². The molecule has 45 heavy (non-hydrogen) atoms. The Labute approximate surface area is 264 Å². The molecule has 1 heterocycles. The first-order valence-electron chi connectivity index (χ1n) is 14.7. The summed E-state index contributed by atoms with van der Waals surface area (Å²) in [6.07, 6.45) is 1.61. The van der Waals surface area contributed by atoms with Crippen LogP contribution in [0.2, 0.25) is 0 Å². The summed E-state index contributed by atoms with van der Waals surface area (Å²) in [6, 6.07) is 9.06. The van der Waals surface area contributed by atoms with Gasteiger partial charge in [0.05, 0.1) is 24.0 Å². The lowest BCUT2D eigenvalue weighted by molar-refractivity contribution is 0.0948. The van der Waals surface area contributed by atoms with E-state index in [1.807, 2.05) is 32.8 Å². The third-order valence-electron chi connectivity index (χ3n) is 6.77. The zero-order valence-corrected chi connectivity index (χ0v) is 27.8. The number of aryl methyl sites for hydroxylation is 1. The lowest BCUT2D eigenvalue weighted by atomic mass is 10.1. The Balaban J connectivity index is 0.00000271. The first kappa shape index (κ1) is 35.3. The standard InChI is InChI=1S/C29H37FN6O6S.C2H6/c1-17-10-13-21(20(30)16-17)33-27-24(28(37)32-19-11-12-19)25(18(2)29(38)36(27)5)42-23-9-7-8-22(26(23)41-6)34-43(39,40)31-14-15-35(3)4;1-2/h7-10,13,16,19,31,33-34H,11-12,14-15H2,1-6H3,(H,32,37);1-2H3. The molecule has 0 radical (unpaired) electrons. The van der Waals surface area contributed by atoms with E-state index in [1.165, 1.54) is 56.0 Å². The van der Waals surface area contributed by atoms with Crippen LogP contribution in [-0.2, 0) is 17.3 Å². The predicted octanol–water partition coefficient (Wildman–Crippen LogP) is 4.41. The maximum absolute atomic E-state index is 14.9. The Bertz CT molecular complexity index is 1690. The molecule has 1 aliphatic rings. The summed E-state index contributed by atoms with van der Waals surface area (Å²) < 4.78 is 58.1. The second-order valence-corrected chi connectivity index (χ2v) is 12.1. The third-order valence-corrected chi connectivity index (χ3v) is 7.85. The topological polar surface area (TPSA) is 143 Å². The quantitative estimate of drug-likeness (QED) is 0.214. The molecule has 2 aromatic carbocycles. The number of hydrogen-bond acceptors (Lipinski definition) is 8. The van der Waals surface area contributed by atoms with Gasteiger partial charge in [0.1, 0.15) is 17.2 Å². The van der Waals surface area contributed by atoms with E-state index in [1.54, 1.807) is 13.0 Å². The van der Waals surface area contributed by atoms with Crippen molar-refractivity contribution in [1.82, 2.24) is 19.5 Å². The highest BCUT2D eigenvalue weighted by atomic mass is 32.2. The van der Waals surface area contributed by atoms with Crippen LogP contribution in [0.4, 0.5) is 21.6 Å². The molecule has 0 aliphatic heterocycles. The lowest BCUT2D eigenvalue weighted by Gasteiger charge is -2.22. The van der Waals surface area contributed by atoms with Crippen molar-refractivity contribution >= 4 is 33.3 Å². The van der Waals surface area contributed by atoms with Gasteiger partial charge in [0, 0.05) is 26.2 Å². The number of benzene rings is 2. The van der Waals surface area contributed by atoms with Crippen molar-refractivity contribution in [2.24, 2.45) is 7.05 Å². The average molecular weight is 647 g/mol. The summed E-state index contributed by atoms with van der Waals surface area (Å²) in [6.45, 7) is 7.91. The number of nitrogens with one attached hydrogen (secondary N) is 4. The fourth-order valence-electron chi connectivity index (χ4n) is 4.31. The number of pyridine rings is 1. The molecule has 1 aliphatic carbocycles. The molecular weight excluding hydrogens is 603 g/mol. The van der Waals surface area contributed by atoms with E-state index >= 15 is 0 Å². The molecule has 1 amide bonds. The van der Waals surface area contributed by atoms with Gasteiger partial charge in [-0.25, -0.2) is 4.39 Å². The Kier molecular flexibility index (Phi) is 12.0. The summed E-state index contributed by atoms with van der Waals surface area (Å²) >= 11 is 0. The summed E-state index contributed by atoms with van der Waals surface area (Å²) in [5, 5.41) is 5.83. The summed E-state index contributed by atoms with van der Waals surface area (Å²) in [7, 11) is 2.48. The molecule has 0 spiro atoms. The van der Waals surface area contributed by atoms with Crippen LogP contribution in [0, 0.1) is 19.7 Å². The number of likely N-dealkylation sites (N-methyl/N-ethyl adjacent to an activating group) is 1. The molecular formula is C31H43FN6O6S. The average Bonchev–Trinajstić information content (AvgIpc) is 3.80. The number of ether oxygens (including phenoxy) is 2. The van der Waals surface area contributed by atoms with Crippen LogP contribution >= 0.6 is 0 Å². The molecule has 0 saturated heterocycles. The maximum atomic E-state index is 14.9. The highest BCUT2D eigenvalue weighted by Gasteiger charge is 2.31. The van der Waals surface area contributed by atoms with Crippen molar-refractivity contribution in [2.75, 3.05) is 44.3 Å². The highest BCUT2D eigenvalue weighted by molar-refractivity contribution is 7.90. The highest BCUT2D eigenvalue weighted by Crippen LogP contribution is 2.41. The van der Waals surface area contributed by atoms with Gasteiger partial charge in [-0.1, -0.05) is 26.0 Å². The van der Waals surface area contributed by atoms with Gasteiger partial charge < -0.3 is 25.0 Å². The number of nitrogens with zero attached hydrogens (tertiary/aromatic N) is 2. The van der Waals surface area contributed by atoms with Gasteiger partial charge in [0.25, 0.3) is 21.7 Å². The van der Waals surface area contributed by atoms with Gasteiger partial charge in [-0.2, -0.15) is 13.1 Å². The molecule has 3 aromatic rings.